The number of hydrogen-bond acceptors (Lipinski definition) is 3. The molecule has 0 saturated carbocycles. The quantitative estimate of drug-likeness (QED) is 0.0749. The lowest BCUT2D eigenvalue weighted by atomic mass is 9.72. The van der Waals surface area contributed by atoms with Crippen LogP contribution in [-0.2, 0) is 18.3 Å². The van der Waals surface area contributed by atoms with E-state index in [0.717, 1.165) is 45.2 Å². The first-order chi connectivity index (χ1) is 27.2. The molecule has 0 amide bonds. The lowest BCUT2D eigenvalue weighted by Gasteiger charge is -2.38. The van der Waals surface area contributed by atoms with Gasteiger partial charge < -0.3 is 10.2 Å². The molecular formula is C53H57N3. The van der Waals surface area contributed by atoms with Crippen LogP contribution in [0.15, 0.2) is 175 Å². The average molecular weight is 736 g/mol. The van der Waals surface area contributed by atoms with Gasteiger partial charge in [-0.15, -0.1) is 0 Å². The van der Waals surface area contributed by atoms with Gasteiger partial charge in [0, 0.05) is 41.0 Å². The Morgan fingerprint density at radius 2 is 1.30 bits per heavy atom. The van der Waals surface area contributed by atoms with E-state index in [2.05, 4.69) is 203 Å². The summed E-state index contributed by atoms with van der Waals surface area (Å²) in [6, 6.07) is 52.6. The predicted molar refractivity (Wildman–Crippen MR) is 241 cm³/mol. The number of allylic oxidation sites excluding steroid dienone is 6. The Bertz CT molecular complexity index is 2340. The second-order valence-corrected chi connectivity index (χ2v) is 16.0. The number of hydrogen-bond donors (Lipinski definition) is 1. The summed E-state index contributed by atoms with van der Waals surface area (Å²) in [5.41, 5.74) is 7.62. The molecule has 1 N–H and O–H groups in total. The van der Waals surface area contributed by atoms with E-state index in [1.54, 1.807) is 0 Å². The molecule has 6 rings (SSSR count). The summed E-state index contributed by atoms with van der Waals surface area (Å²) in [4.78, 5) is 2.47. The first-order valence-electron chi connectivity index (χ1n) is 20.3. The van der Waals surface area contributed by atoms with Crippen molar-refractivity contribution in [2.45, 2.75) is 72.1 Å². The van der Waals surface area contributed by atoms with Crippen molar-refractivity contribution < 1.29 is 0 Å². The van der Waals surface area contributed by atoms with Crippen LogP contribution in [0.25, 0.3) is 21.5 Å². The molecule has 3 heteroatoms. The maximum absolute atomic E-state index is 10.6. The predicted octanol–water partition coefficient (Wildman–Crippen LogP) is 13.8. The third-order valence-corrected chi connectivity index (χ3v) is 10.9. The normalized spacial score (nSPS) is 13.5. The van der Waals surface area contributed by atoms with Crippen molar-refractivity contribution >= 4 is 32.9 Å². The number of anilines is 2. The number of fused-ring (bicyclic) bond motifs is 2. The average Bonchev–Trinajstić information content (AvgIpc) is 3.22. The van der Waals surface area contributed by atoms with Crippen LogP contribution in [-0.4, -0.2) is 13.1 Å². The first-order valence-corrected chi connectivity index (χ1v) is 20.3. The fourth-order valence-electron chi connectivity index (χ4n) is 8.22. The second kappa shape index (κ2) is 18.7. The lowest BCUT2D eigenvalue weighted by Crippen LogP contribution is -2.34. The van der Waals surface area contributed by atoms with Gasteiger partial charge in [0.2, 0.25) is 0 Å². The Labute approximate surface area is 335 Å². The van der Waals surface area contributed by atoms with E-state index >= 15 is 0 Å². The van der Waals surface area contributed by atoms with E-state index in [4.69, 9.17) is 0 Å². The molecule has 0 aliphatic rings. The van der Waals surface area contributed by atoms with Gasteiger partial charge in [0.1, 0.15) is 0 Å². The first kappa shape index (κ1) is 39.8. The SMILES string of the molecule is CCCNc1ccc2ccccc2c1C(C)(C/C=C/C(C#N)=C/C=C(/N(CCC)c1ccc2ccccc2c1)C(C)(C)Cc1ccccc1)Cc1ccccc1. The minimum atomic E-state index is -0.248. The summed E-state index contributed by atoms with van der Waals surface area (Å²) >= 11 is 0. The summed E-state index contributed by atoms with van der Waals surface area (Å²) in [5.74, 6) is 0. The van der Waals surface area contributed by atoms with Crippen LogP contribution in [0.5, 0.6) is 0 Å². The molecule has 1 unspecified atom stereocenters. The van der Waals surface area contributed by atoms with Crippen LogP contribution in [0.4, 0.5) is 11.4 Å². The van der Waals surface area contributed by atoms with Gasteiger partial charge in [-0.05, 0) is 107 Å². The zero-order chi connectivity index (χ0) is 39.4. The van der Waals surface area contributed by atoms with Gasteiger partial charge in [-0.1, -0.05) is 162 Å². The zero-order valence-electron chi connectivity index (χ0n) is 33.9. The van der Waals surface area contributed by atoms with Crippen LogP contribution < -0.4 is 10.2 Å². The molecule has 6 aromatic carbocycles. The monoisotopic (exact) mass is 735 g/mol. The van der Waals surface area contributed by atoms with Gasteiger partial charge >= 0.3 is 0 Å². The van der Waals surface area contributed by atoms with Crippen molar-refractivity contribution in [1.82, 2.24) is 0 Å². The highest BCUT2D eigenvalue weighted by Gasteiger charge is 2.31. The van der Waals surface area contributed by atoms with Crippen LogP contribution in [0.3, 0.4) is 0 Å². The molecule has 0 aliphatic heterocycles. The highest BCUT2D eigenvalue weighted by atomic mass is 15.1. The van der Waals surface area contributed by atoms with E-state index < -0.39 is 0 Å². The van der Waals surface area contributed by atoms with Crippen LogP contribution >= 0.6 is 0 Å². The fraction of sp³-hybridized carbons (Fsp3) is 0.264. The minimum Gasteiger partial charge on any atom is -0.385 e. The van der Waals surface area contributed by atoms with E-state index in [1.165, 1.54) is 55.3 Å². The molecule has 1 atom stereocenters. The number of nitriles is 1. The maximum atomic E-state index is 10.6. The molecule has 0 spiro atoms. The lowest BCUT2D eigenvalue weighted by molar-refractivity contribution is 0.427. The highest BCUT2D eigenvalue weighted by Crippen LogP contribution is 2.42. The van der Waals surface area contributed by atoms with Crippen molar-refractivity contribution in [2.75, 3.05) is 23.3 Å². The van der Waals surface area contributed by atoms with E-state index in [-0.39, 0.29) is 10.8 Å². The number of rotatable bonds is 17. The molecule has 284 valence electrons. The summed E-state index contributed by atoms with van der Waals surface area (Å²) in [6.45, 7) is 13.3. The third-order valence-electron chi connectivity index (χ3n) is 10.9. The second-order valence-electron chi connectivity index (χ2n) is 16.0. The van der Waals surface area contributed by atoms with Crippen molar-refractivity contribution in [1.29, 1.82) is 5.26 Å². The summed E-state index contributed by atoms with van der Waals surface area (Å²) in [7, 11) is 0. The van der Waals surface area contributed by atoms with E-state index in [9.17, 15) is 5.26 Å². The summed E-state index contributed by atoms with van der Waals surface area (Å²) in [6.07, 6.45) is 13.0. The molecule has 0 aliphatic carbocycles. The number of nitrogens with zero attached hydrogens (tertiary/aromatic N) is 2. The fourth-order valence-corrected chi connectivity index (χ4v) is 8.22. The van der Waals surface area contributed by atoms with Gasteiger partial charge in [-0.3, -0.25) is 0 Å². The Balaban J connectivity index is 1.41. The molecule has 3 nitrogen and oxygen atoms in total. The third kappa shape index (κ3) is 9.68. The standard InChI is InChI=1S/C53H57N3/c1-6-35-55-49-32-30-45-25-16-17-27-48(45)51(49)53(5,39-42-21-12-9-13-22-42)34-18-23-43(40-54)28-33-50(52(3,4)38-41-19-10-8-11-20-41)56(36-7-2)47-31-29-44-24-14-15-26-46(44)37-47/h8-33,37,55H,6-7,34-36,38-39H2,1-5H3/b23-18+,43-28-,50-33+. The Morgan fingerprint density at radius 1 is 0.679 bits per heavy atom. The van der Waals surface area contributed by atoms with E-state index in [0.29, 0.717) is 5.57 Å². The van der Waals surface area contributed by atoms with Crippen molar-refractivity contribution in [2.24, 2.45) is 5.41 Å². The van der Waals surface area contributed by atoms with Gasteiger partial charge in [-0.25, -0.2) is 0 Å². The molecular weight excluding hydrogens is 679 g/mol. The van der Waals surface area contributed by atoms with Crippen molar-refractivity contribution in [3.8, 4) is 6.07 Å². The molecule has 0 aromatic heterocycles. The maximum Gasteiger partial charge on any atom is 0.0991 e. The number of benzene rings is 6. The van der Waals surface area contributed by atoms with Crippen LogP contribution in [0.2, 0.25) is 0 Å². The zero-order valence-corrected chi connectivity index (χ0v) is 33.9. The largest absolute Gasteiger partial charge is 0.385 e. The van der Waals surface area contributed by atoms with E-state index in [1.807, 2.05) is 12.2 Å². The summed E-state index contributed by atoms with van der Waals surface area (Å²) in [5, 5.41) is 19.3. The van der Waals surface area contributed by atoms with Crippen molar-refractivity contribution in [3.05, 3.63) is 192 Å². The smallest absolute Gasteiger partial charge is 0.0991 e. The Kier molecular flexibility index (Phi) is 13.3. The molecule has 0 radical (unpaired) electrons. The Morgan fingerprint density at radius 3 is 1.98 bits per heavy atom. The van der Waals surface area contributed by atoms with Crippen LogP contribution in [0.1, 0.15) is 70.6 Å². The van der Waals surface area contributed by atoms with Gasteiger partial charge in [0.25, 0.3) is 0 Å². The molecule has 0 saturated heterocycles. The van der Waals surface area contributed by atoms with Gasteiger partial charge in [0.05, 0.1) is 11.6 Å². The van der Waals surface area contributed by atoms with Gasteiger partial charge in [0.15, 0.2) is 0 Å². The summed E-state index contributed by atoms with van der Waals surface area (Å²) < 4.78 is 0. The van der Waals surface area contributed by atoms with Crippen LogP contribution in [0, 0.1) is 16.7 Å². The highest BCUT2D eigenvalue weighted by molar-refractivity contribution is 5.91. The molecule has 6 aromatic rings. The molecule has 56 heavy (non-hydrogen) atoms. The van der Waals surface area contributed by atoms with Crippen molar-refractivity contribution in [3.63, 3.8) is 0 Å². The minimum absolute atomic E-state index is 0.229. The topological polar surface area (TPSA) is 39.1 Å². The van der Waals surface area contributed by atoms with Gasteiger partial charge in [-0.2, -0.15) is 5.26 Å². The Hall–Kier alpha value is -5.85. The molecule has 0 heterocycles. The molecule has 0 bridgehead atoms. The number of nitrogens with one attached hydrogen (secondary N) is 1. The molecule has 0 fully saturated rings.